The van der Waals surface area contributed by atoms with E-state index in [0.717, 1.165) is 19.3 Å². The molecule has 4 nitrogen and oxygen atoms in total. The van der Waals surface area contributed by atoms with E-state index in [-0.39, 0.29) is 12.0 Å². The third-order valence-corrected chi connectivity index (χ3v) is 2.35. The van der Waals surface area contributed by atoms with Crippen molar-refractivity contribution in [1.29, 1.82) is 0 Å². The fourth-order valence-electron chi connectivity index (χ4n) is 1.77. The fourth-order valence-corrected chi connectivity index (χ4v) is 1.77. The van der Waals surface area contributed by atoms with Crippen LogP contribution in [0.4, 0.5) is 0 Å². The first kappa shape index (κ1) is 7.49. The molecule has 0 saturated carbocycles. The van der Waals surface area contributed by atoms with Gasteiger partial charge in [0.1, 0.15) is 0 Å². The van der Waals surface area contributed by atoms with Gasteiger partial charge in [0.05, 0.1) is 7.11 Å². The van der Waals surface area contributed by atoms with Gasteiger partial charge in [-0.15, -0.1) is 5.06 Å². The molecule has 0 spiro atoms. The predicted molar refractivity (Wildman–Crippen MR) is 37.1 cm³/mol. The Morgan fingerprint density at radius 1 is 1.64 bits per heavy atom. The molecule has 0 amide bonds. The highest BCUT2D eigenvalue weighted by molar-refractivity contribution is 4.81. The molecule has 0 radical (unpaired) electrons. The lowest BCUT2D eigenvalue weighted by Crippen LogP contribution is -2.48. The summed E-state index contributed by atoms with van der Waals surface area (Å²) in [6.07, 6.45) is 3.10. The number of piperidine rings is 1. The lowest BCUT2D eigenvalue weighted by molar-refractivity contribution is -0.324. The largest absolute Gasteiger partial charge is 0.297 e. The first-order valence-electron chi connectivity index (χ1n) is 3.94. The van der Waals surface area contributed by atoms with Gasteiger partial charge in [-0.3, -0.25) is 4.84 Å². The summed E-state index contributed by atoms with van der Waals surface area (Å²) >= 11 is 0. The van der Waals surface area contributed by atoms with Gasteiger partial charge in [-0.25, -0.2) is 9.78 Å². The van der Waals surface area contributed by atoms with Gasteiger partial charge in [0.15, 0.2) is 12.0 Å². The van der Waals surface area contributed by atoms with Crippen LogP contribution in [0.15, 0.2) is 0 Å². The average molecular weight is 159 g/mol. The summed E-state index contributed by atoms with van der Waals surface area (Å²) in [4.78, 5) is 15.4. The zero-order valence-electron chi connectivity index (χ0n) is 6.87. The maximum atomic E-state index is 5.17. The zero-order valence-corrected chi connectivity index (χ0v) is 6.87. The van der Waals surface area contributed by atoms with Crippen molar-refractivity contribution < 1.29 is 14.6 Å². The highest BCUT2D eigenvalue weighted by Gasteiger charge is 2.50. The van der Waals surface area contributed by atoms with Crippen molar-refractivity contribution in [2.45, 2.75) is 38.1 Å². The van der Waals surface area contributed by atoms with Crippen LogP contribution in [0.3, 0.4) is 0 Å². The van der Waals surface area contributed by atoms with Crippen LogP contribution < -0.4 is 0 Å². The number of nitrogens with zero attached hydrogens (tertiary/aromatic N) is 1. The van der Waals surface area contributed by atoms with Crippen LogP contribution >= 0.6 is 0 Å². The quantitative estimate of drug-likeness (QED) is 0.535. The molecule has 0 unspecified atom stereocenters. The molecule has 2 aliphatic rings. The minimum Gasteiger partial charge on any atom is -0.297 e. The van der Waals surface area contributed by atoms with Crippen molar-refractivity contribution in [2.24, 2.45) is 0 Å². The van der Waals surface area contributed by atoms with Crippen molar-refractivity contribution in [2.75, 3.05) is 7.11 Å². The standard InChI is InChI=1S/C7H13NO3/c1-7-5-3-4-6(10-11-7)8(7)9-2/h6H,3-5H2,1-2H3/t6-,7+/m1/s1. The molecule has 2 bridgehead atoms. The molecule has 2 heterocycles. The third-order valence-electron chi connectivity index (χ3n) is 2.35. The van der Waals surface area contributed by atoms with Crippen molar-refractivity contribution in [3.05, 3.63) is 0 Å². The van der Waals surface area contributed by atoms with E-state index in [1.807, 2.05) is 6.92 Å². The lowest BCUT2D eigenvalue weighted by atomic mass is 10.0. The Morgan fingerprint density at radius 3 is 3.00 bits per heavy atom. The lowest BCUT2D eigenvalue weighted by Gasteiger charge is -2.34. The van der Waals surface area contributed by atoms with Crippen LogP contribution in [0, 0.1) is 0 Å². The number of hydrogen-bond donors (Lipinski definition) is 0. The van der Waals surface area contributed by atoms with Gasteiger partial charge in [0.2, 0.25) is 0 Å². The van der Waals surface area contributed by atoms with E-state index in [1.165, 1.54) is 0 Å². The first-order chi connectivity index (χ1) is 5.26. The molecule has 2 fully saturated rings. The zero-order chi connectivity index (χ0) is 7.90. The van der Waals surface area contributed by atoms with Gasteiger partial charge in [0.25, 0.3) is 0 Å². The van der Waals surface area contributed by atoms with Crippen molar-refractivity contribution >= 4 is 0 Å². The van der Waals surface area contributed by atoms with Crippen LogP contribution in [0.2, 0.25) is 0 Å². The van der Waals surface area contributed by atoms with E-state index in [0.29, 0.717) is 0 Å². The van der Waals surface area contributed by atoms with E-state index in [4.69, 9.17) is 14.6 Å². The minimum atomic E-state index is -0.350. The second kappa shape index (κ2) is 2.42. The summed E-state index contributed by atoms with van der Waals surface area (Å²) in [5.74, 6) is 0. The summed E-state index contributed by atoms with van der Waals surface area (Å²) in [5.41, 5.74) is -0.350. The Hall–Kier alpha value is -0.160. The van der Waals surface area contributed by atoms with Crippen LogP contribution in [0.25, 0.3) is 0 Å². The molecule has 0 aromatic rings. The van der Waals surface area contributed by atoms with Gasteiger partial charge in [0, 0.05) is 0 Å². The van der Waals surface area contributed by atoms with E-state index in [2.05, 4.69) is 0 Å². The van der Waals surface area contributed by atoms with Crippen LogP contribution in [0.1, 0.15) is 26.2 Å². The van der Waals surface area contributed by atoms with E-state index < -0.39 is 0 Å². The molecular weight excluding hydrogens is 146 g/mol. The average Bonchev–Trinajstić information content (AvgIpc) is 2.16. The number of rotatable bonds is 1. The molecule has 2 saturated heterocycles. The van der Waals surface area contributed by atoms with Crippen LogP contribution in [-0.2, 0) is 14.6 Å². The van der Waals surface area contributed by atoms with Crippen molar-refractivity contribution in [3.63, 3.8) is 0 Å². The Morgan fingerprint density at radius 2 is 2.45 bits per heavy atom. The maximum Gasteiger partial charge on any atom is 0.178 e. The summed E-state index contributed by atoms with van der Waals surface area (Å²) in [5, 5.41) is 1.79. The third kappa shape index (κ3) is 0.980. The summed E-state index contributed by atoms with van der Waals surface area (Å²) in [7, 11) is 1.65. The minimum absolute atomic E-state index is 0.00116. The molecule has 11 heavy (non-hydrogen) atoms. The topological polar surface area (TPSA) is 30.9 Å². The smallest absolute Gasteiger partial charge is 0.178 e. The number of hydrogen-bond acceptors (Lipinski definition) is 4. The maximum absolute atomic E-state index is 5.17. The molecule has 2 atom stereocenters. The normalized spacial score (nSPS) is 44.7. The van der Waals surface area contributed by atoms with Gasteiger partial charge in [-0.1, -0.05) is 0 Å². The first-order valence-corrected chi connectivity index (χ1v) is 3.94. The monoisotopic (exact) mass is 159 g/mol. The van der Waals surface area contributed by atoms with Gasteiger partial charge in [-0.2, -0.15) is 0 Å². The molecule has 2 rings (SSSR count). The molecule has 0 N–H and O–H groups in total. The molecule has 0 aromatic heterocycles. The van der Waals surface area contributed by atoms with Crippen molar-refractivity contribution in [3.8, 4) is 0 Å². The van der Waals surface area contributed by atoms with Crippen LogP contribution in [0.5, 0.6) is 0 Å². The second-order valence-electron chi connectivity index (χ2n) is 3.21. The predicted octanol–water partition coefficient (Wildman–Crippen LogP) is 1.04. The molecule has 2 aliphatic heterocycles. The number of hydroxylamine groups is 2. The summed E-state index contributed by atoms with van der Waals surface area (Å²) in [6.45, 7) is 1.98. The summed E-state index contributed by atoms with van der Waals surface area (Å²) < 4.78 is 0. The number of fused-ring (bicyclic) bond motifs is 2. The molecular formula is C7H13NO3. The van der Waals surface area contributed by atoms with E-state index >= 15 is 0 Å². The molecule has 64 valence electrons. The fraction of sp³-hybridized carbons (Fsp3) is 1.00. The van der Waals surface area contributed by atoms with Gasteiger partial charge in [-0.05, 0) is 26.2 Å². The Labute approximate surface area is 65.9 Å². The highest BCUT2D eigenvalue weighted by atomic mass is 17.2. The molecule has 4 heteroatoms. The molecule has 0 aliphatic carbocycles. The second-order valence-corrected chi connectivity index (χ2v) is 3.21. The highest BCUT2D eigenvalue weighted by Crippen LogP contribution is 2.39. The Bertz CT molecular complexity index is 160. The van der Waals surface area contributed by atoms with Crippen molar-refractivity contribution in [1.82, 2.24) is 5.06 Å². The molecule has 0 aromatic carbocycles. The Balaban J connectivity index is 2.18. The Kier molecular flexibility index (Phi) is 1.64. The summed E-state index contributed by atoms with van der Waals surface area (Å²) in [6, 6.07) is 0. The van der Waals surface area contributed by atoms with Gasteiger partial charge >= 0.3 is 0 Å². The van der Waals surface area contributed by atoms with Crippen LogP contribution in [-0.4, -0.2) is 24.1 Å². The SMILES string of the molecule is CON1[C@H]2CCC[C@]1(C)OO2. The van der Waals surface area contributed by atoms with E-state index in [9.17, 15) is 0 Å². The van der Waals surface area contributed by atoms with Gasteiger partial charge < -0.3 is 0 Å². The van der Waals surface area contributed by atoms with E-state index in [1.54, 1.807) is 12.2 Å².